The van der Waals surface area contributed by atoms with Gasteiger partial charge in [-0.3, -0.25) is 4.79 Å². The summed E-state index contributed by atoms with van der Waals surface area (Å²) in [6.07, 6.45) is 0. The monoisotopic (exact) mass is 373 g/mol. The number of benzene rings is 2. The van der Waals surface area contributed by atoms with Crippen LogP contribution in [0.15, 0.2) is 54.6 Å². The maximum atomic E-state index is 12.3. The number of carboxylic acid groups (broad SMARTS) is 1. The van der Waals surface area contributed by atoms with Crippen molar-refractivity contribution in [1.82, 2.24) is 0 Å². The third kappa shape index (κ3) is 3.65. The predicted octanol–water partition coefficient (Wildman–Crippen LogP) is 4.72. The van der Waals surface area contributed by atoms with E-state index in [-0.39, 0.29) is 26.9 Å². The Balaban J connectivity index is 1.93. The fraction of sp³-hybridized carbons (Fsp3) is 0. The molecular formula is C18H12ClNO4S. The normalized spacial score (nSPS) is 10.4. The average Bonchev–Trinajstić information content (AvgIpc) is 3.02. The topological polar surface area (TPSA) is 86.6 Å². The van der Waals surface area contributed by atoms with Crippen LogP contribution in [-0.2, 0) is 0 Å². The number of phenolic OH excluding ortho intramolecular Hbond substituents is 1. The van der Waals surface area contributed by atoms with Crippen LogP contribution in [-0.4, -0.2) is 22.1 Å². The summed E-state index contributed by atoms with van der Waals surface area (Å²) in [4.78, 5) is 24.6. The number of halogens is 1. The molecule has 1 heterocycles. The molecule has 0 aliphatic rings. The molecular weight excluding hydrogens is 362 g/mol. The summed E-state index contributed by atoms with van der Waals surface area (Å²) < 4.78 is 0. The van der Waals surface area contributed by atoms with Crippen molar-refractivity contribution in [3.05, 3.63) is 70.1 Å². The summed E-state index contributed by atoms with van der Waals surface area (Å²) in [6.45, 7) is 0. The van der Waals surface area contributed by atoms with Crippen molar-refractivity contribution in [3.63, 3.8) is 0 Å². The number of aromatic hydroxyl groups is 1. The van der Waals surface area contributed by atoms with Crippen LogP contribution in [0.3, 0.4) is 0 Å². The molecule has 0 aliphatic heterocycles. The number of rotatable bonds is 4. The largest absolute Gasteiger partial charge is 0.506 e. The van der Waals surface area contributed by atoms with Gasteiger partial charge in [-0.05, 0) is 29.8 Å². The second-order valence-corrected chi connectivity index (χ2v) is 6.60. The van der Waals surface area contributed by atoms with E-state index in [2.05, 4.69) is 5.32 Å². The Bertz CT molecular complexity index is 953. The van der Waals surface area contributed by atoms with Gasteiger partial charge in [-0.1, -0.05) is 41.9 Å². The summed E-state index contributed by atoms with van der Waals surface area (Å²) in [7, 11) is 0. The van der Waals surface area contributed by atoms with E-state index in [1.165, 1.54) is 18.2 Å². The highest BCUT2D eigenvalue weighted by Gasteiger charge is 2.19. The lowest BCUT2D eigenvalue weighted by molar-refractivity contribution is 0.0703. The van der Waals surface area contributed by atoms with E-state index in [0.29, 0.717) is 0 Å². The summed E-state index contributed by atoms with van der Waals surface area (Å²) in [5.74, 6) is -1.88. The van der Waals surface area contributed by atoms with Crippen LogP contribution in [0.4, 0.5) is 5.69 Å². The Morgan fingerprint density at radius 3 is 2.40 bits per heavy atom. The third-order valence-corrected chi connectivity index (χ3v) is 4.93. The number of aromatic carboxylic acids is 1. The molecule has 0 atom stereocenters. The molecule has 0 fully saturated rings. The van der Waals surface area contributed by atoms with Gasteiger partial charge < -0.3 is 15.5 Å². The molecule has 3 rings (SSSR count). The lowest BCUT2D eigenvalue weighted by Gasteiger charge is -2.05. The van der Waals surface area contributed by atoms with Crippen LogP contribution in [0.5, 0.6) is 5.75 Å². The lowest BCUT2D eigenvalue weighted by Crippen LogP contribution is -2.13. The van der Waals surface area contributed by atoms with Gasteiger partial charge in [0.2, 0.25) is 0 Å². The van der Waals surface area contributed by atoms with E-state index in [4.69, 9.17) is 11.6 Å². The highest BCUT2D eigenvalue weighted by atomic mass is 35.5. The first-order chi connectivity index (χ1) is 12.0. The number of phenols is 1. The Hall–Kier alpha value is -2.83. The van der Waals surface area contributed by atoms with E-state index < -0.39 is 11.9 Å². The molecule has 0 radical (unpaired) electrons. The number of carboxylic acids is 1. The first kappa shape index (κ1) is 17.0. The van der Waals surface area contributed by atoms with Crippen molar-refractivity contribution in [3.8, 4) is 16.2 Å². The predicted molar refractivity (Wildman–Crippen MR) is 97.8 cm³/mol. The van der Waals surface area contributed by atoms with E-state index in [1.807, 2.05) is 30.3 Å². The van der Waals surface area contributed by atoms with Gasteiger partial charge in [-0.2, -0.15) is 0 Å². The van der Waals surface area contributed by atoms with E-state index in [9.17, 15) is 19.8 Å². The van der Waals surface area contributed by atoms with Crippen LogP contribution in [0.1, 0.15) is 20.0 Å². The van der Waals surface area contributed by atoms with Gasteiger partial charge in [0.25, 0.3) is 5.91 Å². The standard InChI is InChI=1S/C18H12ClNO4S/c19-12-7-6-11(8-14(12)21)17(22)20-13-9-15(25-16(13)18(23)24)10-4-2-1-3-5-10/h1-9,21H,(H,20,22)(H,23,24). The van der Waals surface area contributed by atoms with Gasteiger partial charge >= 0.3 is 5.97 Å². The molecule has 0 bridgehead atoms. The Morgan fingerprint density at radius 2 is 1.76 bits per heavy atom. The minimum Gasteiger partial charge on any atom is -0.506 e. The molecule has 0 saturated heterocycles. The van der Waals surface area contributed by atoms with Gasteiger partial charge in [0.1, 0.15) is 10.6 Å². The number of carbonyl (C=O) groups is 2. The van der Waals surface area contributed by atoms with Crippen molar-refractivity contribution in [2.24, 2.45) is 0 Å². The molecule has 0 spiro atoms. The number of amides is 1. The molecule has 0 saturated carbocycles. The molecule has 3 N–H and O–H groups in total. The number of hydrogen-bond acceptors (Lipinski definition) is 4. The van der Waals surface area contributed by atoms with Crippen molar-refractivity contribution in [2.75, 3.05) is 5.32 Å². The molecule has 2 aromatic carbocycles. The van der Waals surface area contributed by atoms with Crippen LogP contribution < -0.4 is 5.32 Å². The molecule has 3 aromatic rings. The zero-order valence-electron chi connectivity index (χ0n) is 12.7. The second-order valence-electron chi connectivity index (χ2n) is 5.14. The highest BCUT2D eigenvalue weighted by molar-refractivity contribution is 7.18. The summed E-state index contributed by atoms with van der Waals surface area (Å²) in [5, 5.41) is 21.7. The van der Waals surface area contributed by atoms with Gasteiger partial charge in [-0.15, -0.1) is 11.3 Å². The fourth-order valence-electron chi connectivity index (χ4n) is 2.24. The highest BCUT2D eigenvalue weighted by Crippen LogP contribution is 2.35. The van der Waals surface area contributed by atoms with E-state index in [0.717, 1.165) is 21.8 Å². The number of nitrogens with one attached hydrogen (secondary N) is 1. The SMILES string of the molecule is O=C(Nc1cc(-c2ccccc2)sc1C(=O)O)c1ccc(Cl)c(O)c1. The van der Waals surface area contributed by atoms with Crippen LogP contribution in [0.2, 0.25) is 5.02 Å². The zero-order chi connectivity index (χ0) is 18.0. The average molecular weight is 374 g/mol. The minimum absolute atomic E-state index is 0.0328. The molecule has 126 valence electrons. The number of anilines is 1. The molecule has 5 nitrogen and oxygen atoms in total. The number of hydrogen-bond donors (Lipinski definition) is 3. The van der Waals surface area contributed by atoms with Crippen LogP contribution >= 0.6 is 22.9 Å². The van der Waals surface area contributed by atoms with E-state index >= 15 is 0 Å². The smallest absolute Gasteiger partial charge is 0.348 e. The molecule has 25 heavy (non-hydrogen) atoms. The van der Waals surface area contributed by atoms with Gasteiger partial charge in [0, 0.05) is 10.4 Å². The van der Waals surface area contributed by atoms with E-state index in [1.54, 1.807) is 6.07 Å². The molecule has 1 amide bonds. The van der Waals surface area contributed by atoms with Crippen LogP contribution in [0, 0.1) is 0 Å². The maximum Gasteiger partial charge on any atom is 0.348 e. The molecule has 7 heteroatoms. The first-order valence-electron chi connectivity index (χ1n) is 7.18. The zero-order valence-corrected chi connectivity index (χ0v) is 14.3. The maximum absolute atomic E-state index is 12.3. The van der Waals surface area contributed by atoms with Crippen molar-refractivity contribution < 1.29 is 19.8 Å². The fourth-order valence-corrected chi connectivity index (χ4v) is 3.31. The summed E-state index contributed by atoms with van der Waals surface area (Å²) >= 11 is 6.80. The molecule has 0 unspecified atom stereocenters. The quantitative estimate of drug-likeness (QED) is 0.617. The molecule has 0 aliphatic carbocycles. The van der Waals surface area contributed by atoms with Gasteiger partial charge in [0.05, 0.1) is 10.7 Å². The first-order valence-corrected chi connectivity index (χ1v) is 8.37. The minimum atomic E-state index is -1.12. The Kier molecular flexibility index (Phi) is 4.74. The summed E-state index contributed by atoms with van der Waals surface area (Å²) in [6, 6.07) is 15.0. The number of thiophene rings is 1. The number of carbonyl (C=O) groups excluding carboxylic acids is 1. The van der Waals surface area contributed by atoms with Crippen molar-refractivity contribution in [1.29, 1.82) is 0 Å². The Morgan fingerprint density at radius 1 is 1.04 bits per heavy atom. The van der Waals surface area contributed by atoms with Crippen molar-refractivity contribution >= 4 is 40.5 Å². The van der Waals surface area contributed by atoms with Crippen molar-refractivity contribution in [2.45, 2.75) is 0 Å². The Labute approximate surface area is 152 Å². The third-order valence-electron chi connectivity index (χ3n) is 3.44. The van der Waals surface area contributed by atoms with Gasteiger partial charge in [0.15, 0.2) is 0 Å². The lowest BCUT2D eigenvalue weighted by atomic mass is 10.1. The second kappa shape index (κ2) is 6.96. The summed E-state index contributed by atoms with van der Waals surface area (Å²) in [5.41, 5.74) is 1.24. The van der Waals surface area contributed by atoms with Crippen LogP contribution in [0.25, 0.3) is 10.4 Å². The molecule has 1 aromatic heterocycles. The van der Waals surface area contributed by atoms with Gasteiger partial charge in [-0.25, -0.2) is 4.79 Å².